The monoisotopic (exact) mass is 242 g/mol. The summed E-state index contributed by atoms with van der Waals surface area (Å²) < 4.78 is 4.67. The number of ether oxygens (including phenoxy) is 1. The molecule has 0 aliphatic carbocycles. The molecule has 5 nitrogen and oxygen atoms in total. The minimum atomic E-state index is -0.722. The SMILES string of the molecule is CCOC(=O)C(=Nc1ccc(Cl)cc1)NO. The zero-order chi connectivity index (χ0) is 12.0. The first-order valence-corrected chi connectivity index (χ1v) is 4.96. The molecular formula is C10H11ClN2O3. The Hall–Kier alpha value is -1.59. The van der Waals surface area contributed by atoms with Crippen LogP contribution in [0.4, 0.5) is 5.69 Å². The maximum absolute atomic E-state index is 11.2. The van der Waals surface area contributed by atoms with Gasteiger partial charge in [0.2, 0.25) is 5.84 Å². The number of esters is 1. The zero-order valence-electron chi connectivity index (χ0n) is 8.61. The molecular weight excluding hydrogens is 232 g/mol. The second-order valence-corrected chi connectivity index (χ2v) is 3.21. The predicted octanol–water partition coefficient (Wildman–Crippen LogP) is 1.91. The van der Waals surface area contributed by atoms with Crippen LogP contribution in [0.2, 0.25) is 5.02 Å². The summed E-state index contributed by atoms with van der Waals surface area (Å²) in [5, 5.41) is 9.29. The molecule has 0 atom stereocenters. The van der Waals surface area contributed by atoms with Crippen molar-refractivity contribution in [2.45, 2.75) is 6.92 Å². The van der Waals surface area contributed by atoms with Gasteiger partial charge in [-0.3, -0.25) is 5.21 Å². The Labute approximate surface area is 97.7 Å². The third kappa shape index (κ3) is 3.52. The number of amidine groups is 1. The number of hydrogen-bond donors (Lipinski definition) is 2. The van der Waals surface area contributed by atoms with Crippen molar-refractivity contribution in [1.29, 1.82) is 0 Å². The Kier molecular flexibility index (Phi) is 4.75. The normalized spacial score (nSPS) is 11.1. The minimum Gasteiger partial charge on any atom is -0.460 e. The Morgan fingerprint density at radius 1 is 1.50 bits per heavy atom. The smallest absolute Gasteiger partial charge is 0.376 e. The quantitative estimate of drug-likeness (QED) is 0.360. The third-order valence-electron chi connectivity index (χ3n) is 1.64. The molecule has 1 aromatic rings. The van der Waals surface area contributed by atoms with Gasteiger partial charge in [-0.15, -0.1) is 0 Å². The van der Waals surface area contributed by atoms with Crippen LogP contribution < -0.4 is 5.48 Å². The lowest BCUT2D eigenvalue weighted by molar-refractivity contribution is -0.135. The molecule has 6 heteroatoms. The highest BCUT2D eigenvalue weighted by Gasteiger charge is 2.11. The number of carbonyl (C=O) groups is 1. The van der Waals surface area contributed by atoms with Crippen molar-refractivity contribution < 1.29 is 14.7 Å². The van der Waals surface area contributed by atoms with Gasteiger partial charge in [-0.1, -0.05) is 11.6 Å². The highest BCUT2D eigenvalue weighted by molar-refractivity contribution is 6.35. The van der Waals surface area contributed by atoms with Crippen LogP contribution in [-0.4, -0.2) is 23.6 Å². The summed E-state index contributed by atoms with van der Waals surface area (Å²) in [4.78, 5) is 15.1. The van der Waals surface area contributed by atoms with Gasteiger partial charge < -0.3 is 4.74 Å². The van der Waals surface area contributed by atoms with Gasteiger partial charge in [0.05, 0.1) is 12.3 Å². The largest absolute Gasteiger partial charge is 0.460 e. The molecule has 1 rings (SSSR count). The lowest BCUT2D eigenvalue weighted by Gasteiger charge is -2.03. The number of halogens is 1. The molecule has 0 aliphatic heterocycles. The average Bonchev–Trinajstić information content (AvgIpc) is 2.28. The van der Waals surface area contributed by atoms with E-state index in [9.17, 15) is 4.79 Å². The summed E-state index contributed by atoms with van der Waals surface area (Å²) in [6, 6.07) is 6.47. The number of carbonyl (C=O) groups excluding carboxylic acids is 1. The third-order valence-corrected chi connectivity index (χ3v) is 1.89. The fraction of sp³-hybridized carbons (Fsp3) is 0.200. The molecule has 2 N–H and O–H groups in total. The van der Waals surface area contributed by atoms with Crippen LogP contribution in [0.1, 0.15) is 6.92 Å². The Morgan fingerprint density at radius 2 is 2.12 bits per heavy atom. The molecule has 0 saturated carbocycles. The topological polar surface area (TPSA) is 70.9 Å². The van der Waals surface area contributed by atoms with Gasteiger partial charge in [0, 0.05) is 5.02 Å². The fourth-order valence-electron chi connectivity index (χ4n) is 0.960. The van der Waals surface area contributed by atoms with Crippen molar-refractivity contribution in [3.63, 3.8) is 0 Å². The summed E-state index contributed by atoms with van der Waals surface area (Å²) in [6.07, 6.45) is 0. The summed E-state index contributed by atoms with van der Waals surface area (Å²) in [5.74, 6) is -0.996. The van der Waals surface area contributed by atoms with Gasteiger partial charge in [-0.25, -0.2) is 15.3 Å². The van der Waals surface area contributed by atoms with Gasteiger partial charge in [0.1, 0.15) is 0 Å². The van der Waals surface area contributed by atoms with E-state index in [0.717, 1.165) is 0 Å². The standard InChI is InChI=1S/C10H11ClN2O3/c1-2-16-10(14)9(13-15)12-8-5-3-7(11)4-6-8/h3-6,15H,2H2,1H3,(H,12,13). The van der Waals surface area contributed by atoms with E-state index in [0.29, 0.717) is 10.7 Å². The van der Waals surface area contributed by atoms with E-state index in [-0.39, 0.29) is 12.4 Å². The maximum atomic E-state index is 11.2. The lowest BCUT2D eigenvalue weighted by Crippen LogP contribution is -2.30. The van der Waals surface area contributed by atoms with Crippen molar-refractivity contribution in [3.05, 3.63) is 29.3 Å². The summed E-state index contributed by atoms with van der Waals surface area (Å²) in [7, 11) is 0. The van der Waals surface area contributed by atoms with E-state index in [2.05, 4.69) is 9.73 Å². The minimum absolute atomic E-state index is 0.208. The number of aliphatic imine (C=N–C) groups is 1. The number of hydroxylamine groups is 1. The number of rotatable bonds is 2. The summed E-state index contributed by atoms with van der Waals surface area (Å²) in [6.45, 7) is 1.87. The van der Waals surface area contributed by atoms with Crippen LogP contribution in [0.3, 0.4) is 0 Å². The first kappa shape index (κ1) is 12.5. The Balaban J connectivity index is 2.87. The summed E-state index contributed by atoms with van der Waals surface area (Å²) >= 11 is 5.69. The second-order valence-electron chi connectivity index (χ2n) is 2.77. The molecule has 86 valence electrons. The fourth-order valence-corrected chi connectivity index (χ4v) is 1.09. The highest BCUT2D eigenvalue weighted by atomic mass is 35.5. The highest BCUT2D eigenvalue weighted by Crippen LogP contribution is 2.16. The van der Waals surface area contributed by atoms with E-state index in [1.54, 1.807) is 36.7 Å². The van der Waals surface area contributed by atoms with Gasteiger partial charge in [-0.05, 0) is 31.2 Å². The number of nitrogens with zero attached hydrogens (tertiary/aromatic N) is 1. The molecule has 0 aliphatic rings. The molecule has 0 bridgehead atoms. The Bertz CT molecular complexity index is 390. The van der Waals surface area contributed by atoms with Crippen LogP contribution in [0.25, 0.3) is 0 Å². The molecule has 0 saturated heterocycles. The van der Waals surface area contributed by atoms with Crippen molar-refractivity contribution >= 4 is 29.1 Å². The first-order valence-electron chi connectivity index (χ1n) is 4.59. The van der Waals surface area contributed by atoms with Crippen molar-refractivity contribution in [3.8, 4) is 0 Å². The van der Waals surface area contributed by atoms with Crippen LogP contribution in [0.15, 0.2) is 29.3 Å². The average molecular weight is 243 g/mol. The molecule has 1 aromatic carbocycles. The first-order chi connectivity index (χ1) is 7.67. The zero-order valence-corrected chi connectivity index (χ0v) is 9.36. The molecule has 0 fully saturated rings. The Morgan fingerprint density at radius 3 is 2.62 bits per heavy atom. The molecule has 16 heavy (non-hydrogen) atoms. The van der Waals surface area contributed by atoms with E-state index in [1.165, 1.54) is 0 Å². The number of hydrogen-bond acceptors (Lipinski definition) is 4. The summed E-state index contributed by atoms with van der Waals surface area (Å²) in [5.41, 5.74) is 2.17. The van der Waals surface area contributed by atoms with Crippen LogP contribution in [0.5, 0.6) is 0 Å². The van der Waals surface area contributed by atoms with E-state index >= 15 is 0 Å². The van der Waals surface area contributed by atoms with Gasteiger partial charge in [0.15, 0.2) is 0 Å². The molecule has 0 radical (unpaired) electrons. The molecule has 0 amide bonds. The van der Waals surface area contributed by atoms with Crippen molar-refractivity contribution in [2.75, 3.05) is 6.61 Å². The number of benzene rings is 1. The lowest BCUT2D eigenvalue weighted by atomic mass is 10.3. The van der Waals surface area contributed by atoms with Crippen LogP contribution >= 0.6 is 11.6 Å². The van der Waals surface area contributed by atoms with E-state index < -0.39 is 5.97 Å². The molecule has 0 unspecified atom stereocenters. The molecule has 0 heterocycles. The molecule has 0 aromatic heterocycles. The van der Waals surface area contributed by atoms with Gasteiger partial charge >= 0.3 is 5.97 Å². The molecule has 0 spiro atoms. The maximum Gasteiger partial charge on any atom is 0.376 e. The van der Waals surface area contributed by atoms with Crippen LogP contribution in [-0.2, 0) is 9.53 Å². The second kappa shape index (κ2) is 6.09. The van der Waals surface area contributed by atoms with Crippen molar-refractivity contribution in [2.24, 2.45) is 4.99 Å². The van der Waals surface area contributed by atoms with Crippen LogP contribution in [0, 0.1) is 0 Å². The van der Waals surface area contributed by atoms with Gasteiger partial charge in [0.25, 0.3) is 0 Å². The van der Waals surface area contributed by atoms with E-state index in [1.807, 2.05) is 0 Å². The predicted molar refractivity (Wildman–Crippen MR) is 60.1 cm³/mol. The number of nitrogens with one attached hydrogen (secondary N) is 1. The van der Waals surface area contributed by atoms with Crippen molar-refractivity contribution in [1.82, 2.24) is 5.48 Å². The van der Waals surface area contributed by atoms with E-state index in [4.69, 9.17) is 16.8 Å². The van der Waals surface area contributed by atoms with Gasteiger partial charge in [-0.2, -0.15) is 0 Å².